The van der Waals surface area contributed by atoms with Crippen molar-refractivity contribution in [1.29, 1.82) is 0 Å². The summed E-state index contributed by atoms with van der Waals surface area (Å²) in [6.45, 7) is 5.20. The van der Waals surface area contributed by atoms with Gasteiger partial charge < -0.3 is 10.5 Å². The third-order valence-electron chi connectivity index (χ3n) is 3.87. The van der Waals surface area contributed by atoms with Gasteiger partial charge in [0, 0.05) is 25.3 Å². The second-order valence-corrected chi connectivity index (χ2v) is 5.34. The second-order valence-electron chi connectivity index (χ2n) is 5.34. The maximum absolute atomic E-state index is 5.95. The SMILES string of the molecule is Cc1ccc(CN2CC3CCC(C2)O3)cc1N. The summed E-state index contributed by atoms with van der Waals surface area (Å²) in [6.07, 6.45) is 3.40. The first-order valence-electron chi connectivity index (χ1n) is 6.43. The van der Waals surface area contributed by atoms with Crippen molar-refractivity contribution in [3.05, 3.63) is 29.3 Å². The van der Waals surface area contributed by atoms with Gasteiger partial charge in [0.1, 0.15) is 0 Å². The summed E-state index contributed by atoms with van der Waals surface area (Å²) in [4.78, 5) is 2.50. The Kier molecular flexibility index (Phi) is 2.81. The van der Waals surface area contributed by atoms with Gasteiger partial charge in [-0.15, -0.1) is 0 Å². The van der Waals surface area contributed by atoms with Crippen molar-refractivity contribution in [2.75, 3.05) is 18.8 Å². The van der Waals surface area contributed by atoms with Crippen LogP contribution in [0.15, 0.2) is 18.2 Å². The number of benzene rings is 1. The summed E-state index contributed by atoms with van der Waals surface area (Å²) in [7, 11) is 0. The third kappa shape index (κ3) is 2.31. The lowest BCUT2D eigenvalue weighted by molar-refractivity contribution is -0.0410. The van der Waals surface area contributed by atoms with Crippen LogP contribution in [0.5, 0.6) is 0 Å². The summed E-state index contributed by atoms with van der Waals surface area (Å²) < 4.78 is 5.84. The van der Waals surface area contributed by atoms with Gasteiger partial charge in [-0.3, -0.25) is 4.90 Å². The molecule has 3 nitrogen and oxygen atoms in total. The van der Waals surface area contributed by atoms with Gasteiger partial charge >= 0.3 is 0 Å². The van der Waals surface area contributed by atoms with E-state index < -0.39 is 0 Å². The first-order valence-corrected chi connectivity index (χ1v) is 6.43. The molecule has 1 aromatic carbocycles. The summed E-state index contributed by atoms with van der Waals surface area (Å²) in [6, 6.07) is 6.40. The number of rotatable bonds is 2. The molecule has 92 valence electrons. The van der Waals surface area contributed by atoms with Crippen LogP contribution in [0.2, 0.25) is 0 Å². The van der Waals surface area contributed by atoms with E-state index in [0.29, 0.717) is 12.2 Å². The number of hydrogen-bond donors (Lipinski definition) is 1. The minimum absolute atomic E-state index is 0.469. The molecule has 0 radical (unpaired) electrons. The van der Waals surface area contributed by atoms with Gasteiger partial charge in [-0.2, -0.15) is 0 Å². The van der Waals surface area contributed by atoms with Crippen LogP contribution in [0.25, 0.3) is 0 Å². The number of likely N-dealkylation sites (tertiary alicyclic amines) is 1. The van der Waals surface area contributed by atoms with Gasteiger partial charge in [0.05, 0.1) is 12.2 Å². The molecule has 2 atom stereocenters. The molecule has 2 aliphatic rings. The molecule has 1 aromatic rings. The van der Waals surface area contributed by atoms with Crippen molar-refractivity contribution in [1.82, 2.24) is 4.90 Å². The molecule has 17 heavy (non-hydrogen) atoms. The van der Waals surface area contributed by atoms with Crippen molar-refractivity contribution >= 4 is 5.69 Å². The number of fused-ring (bicyclic) bond motifs is 2. The van der Waals surface area contributed by atoms with Crippen molar-refractivity contribution in [2.24, 2.45) is 0 Å². The zero-order valence-electron chi connectivity index (χ0n) is 10.4. The zero-order chi connectivity index (χ0) is 11.8. The molecule has 2 unspecified atom stereocenters. The van der Waals surface area contributed by atoms with Crippen molar-refractivity contribution < 1.29 is 4.74 Å². The number of nitrogens with zero attached hydrogens (tertiary/aromatic N) is 1. The average molecular weight is 232 g/mol. The number of nitrogen functional groups attached to an aromatic ring is 1. The first kappa shape index (κ1) is 11.1. The van der Waals surface area contributed by atoms with E-state index in [1.165, 1.54) is 18.4 Å². The van der Waals surface area contributed by atoms with Gasteiger partial charge in [0.2, 0.25) is 0 Å². The van der Waals surface area contributed by atoms with E-state index in [1.807, 2.05) is 6.92 Å². The van der Waals surface area contributed by atoms with E-state index in [-0.39, 0.29) is 0 Å². The maximum Gasteiger partial charge on any atom is 0.0707 e. The lowest BCUT2D eigenvalue weighted by atomic mass is 10.1. The zero-order valence-corrected chi connectivity index (χ0v) is 10.4. The third-order valence-corrected chi connectivity index (χ3v) is 3.87. The highest BCUT2D eigenvalue weighted by Crippen LogP contribution is 2.27. The lowest BCUT2D eigenvalue weighted by Gasteiger charge is -2.32. The van der Waals surface area contributed by atoms with Crippen molar-refractivity contribution in [3.63, 3.8) is 0 Å². The predicted molar refractivity (Wildman–Crippen MR) is 68.8 cm³/mol. The van der Waals surface area contributed by atoms with Gasteiger partial charge in [-0.1, -0.05) is 12.1 Å². The highest BCUT2D eigenvalue weighted by atomic mass is 16.5. The molecule has 0 amide bonds. The molecule has 0 aliphatic carbocycles. The monoisotopic (exact) mass is 232 g/mol. The predicted octanol–water partition coefficient (Wildman–Crippen LogP) is 1.94. The van der Waals surface area contributed by atoms with E-state index in [1.54, 1.807) is 0 Å². The van der Waals surface area contributed by atoms with Crippen LogP contribution in [-0.2, 0) is 11.3 Å². The molecule has 0 saturated carbocycles. The number of ether oxygens (including phenoxy) is 1. The quantitative estimate of drug-likeness (QED) is 0.792. The van der Waals surface area contributed by atoms with E-state index in [2.05, 4.69) is 23.1 Å². The average Bonchev–Trinajstić information content (AvgIpc) is 2.64. The van der Waals surface area contributed by atoms with Crippen LogP contribution in [0.1, 0.15) is 24.0 Å². The molecular weight excluding hydrogens is 212 g/mol. The number of morpholine rings is 1. The molecule has 0 spiro atoms. The fourth-order valence-corrected chi connectivity index (χ4v) is 2.87. The molecule has 3 rings (SSSR count). The Bertz CT molecular complexity index is 407. The largest absolute Gasteiger partial charge is 0.399 e. The van der Waals surface area contributed by atoms with Gasteiger partial charge in [0.25, 0.3) is 0 Å². The number of nitrogens with two attached hydrogens (primary N) is 1. The summed E-state index contributed by atoms with van der Waals surface area (Å²) in [5.41, 5.74) is 9.33. The smallest absolute Gasteiger partial charge is 0.0707 e. The van der Waals surface area contributed by atoms with Crippen molar-refractivity contribution in [2.45, 2.75) is 38.5 Å². The Morgan fingerprint density at radius 2 is 2.00 bits per heavy atom. The normalized spacial score (nSPS) is 28.5. The Morgan fingerprint density at radius 1 is 1.29 bits per heavy atom. The minimum Gasteiger partial charge on any atom is -0.399 e. The molecule has 2 saturated heterocycles. The summed E-state index contributed by atoms with van der Waals surface area (Å²) >= 11 is 0. The van der Waals surface area contributed by atoms with Crippen LogP contribution >= 0.6 is 0 Å². The maximum atomic E-state index is 5.95. The van der Waals surface area contributed by atoms with Crippen LogP contribution in [0.4, 0.5) is 5.69 Å². The van der Waals surface area contributed by atoms with Crippen LogP contribution in [-0.4, -0.2) is 30.2 Å². The van der Waals surface area contributed by atoms with E-state index in [0.717, 1.165) is 30.9 Å². The van der Waals surface area contributed by atoms with Crippen LogP contribution < -0.4 is 5.73 Å². The first-order chi connectivity index (χ1) is 8.20. The molecule has 3 heteroatoms. The van der Waals surface area contributed by atoms with Crippen molar-refractivity contribution in [3.8, 4) is 0 Å². The number of hydrogen-bond acceptors (Lipinski definition) is 3. The Balaban J connectivity index is 1.68. The summed E-state index contributed by atoms with van der Waals surface area (Å²) in [5, 5.41) is 0. The van der Waals surface area contributed by atoms with E-state index >= 15 is 0 Å². The van der Waals surface area contributed by atoms with E-state index in [9.17, 15) is 0 Å². The molecule has 2 aliphatic heterocycles. The molecular formula is C14H20N2O. The molecule has 0 aromatic heterocycles. The fourth-order valence-electron chi connectivity index (χ4n) is 2.87. The highest BCUT2D eigenvalue weighted by molar-refractivity contribution is 5.48. The molecule has 2 heterocycles. The number of anilines is 1. The van der Waals surface area contributed by atoms with Gasteiger partial charge in [0.15, 0.2) is 0 Å². The lowest BCUT2D eigenvalue weighted by Crippen LogP contribution is -2.41. The standard InChI is InChI=1S/C14H20N2O/c1-10-2-3-11(6-14(10)15)7-16-8-12-4-5-13(9-16)17-12/h2-3,6,12-13H,4-5,7-9,15H2,1H3. The molecule has 2 bridgehead atoms. The summed E-state index contributed by atoms with van der Waals surface area (Å²) in [5.74, 6) is 0. The van der Waals surface area contributed by atoms with Crippen LogP contribution in [0, 0.1) is 6.92 Å². The number of aryl methyl sites for hydroxylation is 1. The van der Waals surface area contributed by atoms with Gasteiger partial charge in [-0.25, -0.2) is 0 Å². The van der Waals surface area contributed by atoms with E-state index in [4.69, 9.17) is 10.5 Å². The fraction of sp³-hybridized carbons (Fsp3) is 0.571. The Morgan fingerprint density at radius 3 is 2.65 bits per heavy atom. The topological polar surface area (TPSA) is 38.5 Å². The molecule has 2 N–H and O–H groups in total. The van der Waals surface area contributed by atoms with Crippen LogP contribution in [0.3, 0.4) is 0 Å². The molecule has 2 fully saturated rings. The van der Waals surface area contributed by atoms with Gasteiger partial charge in [-0.05, 0) is 37.0 Å². The Labute approximate surface area is 103 Å². The Hall–Kier alpha value is -1.06. The second kappa shape index (κ2) is 4.31. The highest BCUT2D eigenvalue weighted by Gasteiger charge is 2.33. The minimum atomic E-state index is 0.469.